The number of carbonyl (C=O) groups is 1. The van der Waals surface area contributed by atoms with Crippen molar-refractivity contribution in [1.82, 2.24) is 5.32 Å². The molecule has 0 aromatic heterocycles. The van der Waals surface area contributed by atoms with Crippen molar-refractivity contribution in [3.8, 4) is 18.1 Å². The average molecular weight is 339 g/mol. The first kappa shape index (κ1) is 16.5. The highest BCUT2D eigenvalue weighted by atomic mass is 79.9. The maximum Gasteiger partial charge on any atom is 0.258 e. The lowest BCUT2D eigenvalue weighted by Gasteiger charge is -2.16. The molecule has 0 heterocycles. The molecule has 4 nitrogen and oxygen atoms in total. The molecule has 0 aliphatic rings. The van der Waals surface area contributed by atoms with Gasteiger partial charge in [-0.2, -0.15) is 0 Å². The van der Waals surface area contributed by atoms with E-state index >= 15 is 0 Å². The van der Waals surface area contributed by atoms with Crippen molar-refractivity contribution >= 4 is 21.8 Å². The van der Waals surface area contributed by atoms with E-state index in [2.05, 4.69) is 27.2 Å². The van der Waals surface area contributed by atoms with Crippen molar-refractivity contribution < 1.29 is 9.53 Å². The Morgan fingerprint density at radius 3 is 2.90 bits per heavy atom. The second-order valence-electron chi connectivity index (χ2n) is 4.66. The van der Waals surface area contributed by atoms with Crippen molar-refractivity contribution in [2.24, 2.45) is 5.73 Å². The second kappa shape index (κ2) is 7.93. The third kappa shape index (κ3) is 5.24. The summed E-state index contributed by atoms with van der Waals surface area (Å²) in [5, 5.41) is 2.56. The van der Waals surface area contributed by atoms with Crippen LogP contribution in [0, 0.1) is 19.3 Å². The number of hydrogen-bond acceptors (Lipinski definition) is 3. The van der Waals surface area contributed by atoms with E-state index in [1.165, 1.54) is 0 Å². The number of terminal acetylenes is 1. The van der Waals surface area contributed by atoms with Crippen LogP contribution in [0.15, 0.2) is 16.6 Å². The van der Waals surface area contributed by atoms with Crippen LogP contribution in [0.4, 0.5) is 0 Å². The van der Waals surface area contributed by atoms with E-state index in [0.29, 0.717) is 12.2 Å². The summed E-state index contributed by atoms with van der Waals surface area (Å²) < 4.78 is 6.59. The van der Waals surface area contributed by atoms with E-state index in [1.807, 2.05) is 26.0 Å². The van der Waals surface area contributed by atoms with Gasteiger partial charge in [0.2, 0.25) is 0 Å². The van der Waals surface area contributed by atoms with E-state index in [4.69, 9.17) is 16.9 Å². The molecule has 108 valence electrons. The fraction of sp³-hybridized carbons (Fsp3) is 0.400. The lowest BCUT2D eigenvalue weighted by molar-refractivity contribution is -0.122. The monoisotopic (exact) mass is 338 g/mol. The summed E-state index contributed by atoms with van der Waals surface area (Å²) in [6.45, 7) is 4.01. The van der Waals surface area contributed by atoms with Crippen LogP contribution < -0.4 is 15.8 Å². The SMILES string of the molecule is C#CCNC(=O)COc1c(C)cc(Br)cc1CC(C)N. The van der Waals surface area contributed by atoms with E-state index in [9.17, 15) is 4.79 Å². The second-order valence-corrected chi connectivity index (χ2v) is 5.58. The molecule has 1 atom stereocenters. The molecule has 0 radical (unpaired) electrons. The first-order valence-corrected chi connectivity index (χ1v) is 7.11. The van der Waals surface area contributed by atoms with Gasteiger partial charge in [0, 0.05) is 10.5 Å². The Labute approximate surface area is 128 Å². The lowest BCUT2D eigenvalue weighted by atomic mass is 10.0. The van der Waals surface area contributed by atoms with Crippen LogP contribution >= 0.6 is 15.9 Å². The molecule has 1 aromatic carbocycles. The molecule has 1 aromatic rings. The summed E-state index contributed by atoms with van der Waals surface area (Å²) >= 11 is 3.45. The molecule has 0 fully saturated rings. The van der Waals surface area contributed by atoms with Gasteiger partial charge in [-0.1, -0.05) is 21.9 Å². The van der Waals surface area contributed by atoms with Crippen LogP contribution in [0.3, 0.4) is 0 Å². The number of halogens is 1. The van der Waals surface area contributed by atoms with Gasteiger partial charge >= 0.3 is 0 Å². The summed E-state index contributed by atoms with van der Waals surface area (Å²) in [6, 6.07) is 3.92. The number of aryl methyl sites for hydroxylation is 1. The number of nitrogens with two attached hydrogens (primary N) is 1. The minimum absolute atomic E-state index is 0.0151. The molecule has 1 unspecified atom stereocenters. The summed E-state index contributed by atoms with van der Waals surface area (Å²) in [7, 11) is 0. The Hall–Kier alpha value is -1.51. The van der Waals surface area contributed by atoms with Gasteiger partial charge in [-0.05, 0) is 43.5 Å². The molecule has 0 aliphatic carbocycles. The van der Waals surface area contributed by atoms with E-state index < -0.39 is 0 Å². The molecular formula is C15H19BrN2O2. The fourth-order valence-electron chi connectivity index (χ4n) is 1.84. The van der Waals surface area contributed by atoms with Crippen molar-refractivity contribution in [3.05, 3.63) is 27.7 Å². The molecule has 0 bridgehead atoms. The maximum absolute atomic E-state index is 11.5. The zero-order valence-electron chi connectivity index (χ0n) is 11.7. The number of carbonyl (C=O) groups excluding carboxylic acids is 1. The Kier molecular flexibility index (Phi) is 6.56. The number of amides is 1. The number of rotatable bonds is 6. The molecular weight excluding hydrogens is 320 g/mol. The number of hydrogen-bond donors (Lipinski definition) is 2. The number of benzene rings is 1. The minimum atomic E-state index is -0.239. The summed E-state index contributed by atoms with van der Waals surface area (Å²) in [5.74, 6) is 2.81. The molecule has 1 amide bonds. The van der Waals surface area contributed by atoms with E-state index in [1.54, 1.807) is 0 Å². The van der Waals surface area contributed by atoms with Crippen molar-refractivity contribution in [3.63, 3.8) is 0 Å². The third-order valence-corrected chi connectivity index (χ3v) is 3.05. The standard InChI is InChI=1S/C15H19BrN2O2/c1-4-5-18-14(19)9-20-15-10(2)6-13(16)8-12(15)7-11(3)17/h1,6,8,11H,5,7,9,17H2,2-3H3,(H,18,19). The van der Waals surface area contributed by atoms with Crippen molar-refractivity contribution in [2.75, 3.05) is 13.2 Å². The lowest BCUT2D eigenvalue weighted by Crippen LogP contribution is -2.29. The van der Waals surface area contributed by atoms with Gasteiger partial charge in [-0.3, -0.25) is 4.79 Å². The normalized spacial score (nSPS) is 11.6. The van der Waals surface area contributed by atoms with Gasteiger partial charge in [0.05, 0.1) is 6.54 Å². The largest absolute Gasteiger partial charge is 0.483 e. The Morgan fingerprint density at radius 2 is 2.30 bits per heavy atom. The molecule has 0 saturated carbocycles. The first-order valence-electron chi connectivity index (χ1n) is 6.31. The highest BCUT2D eigenvalue weighted by molar-refractivity contribution is 9.10. The highest BCUT2D eigenvalue weighted by Crippen LogP contribution is 2.29. The molecule has 0 spiro atoms. The molecule has 5 heteroatoms. The molecule has 1 rings (SSSR count). The van der Waals surface area contributed by atoms with Crippen LogP contribution in [-0.4, -0.2) is 25.1 Å². The van der Waals surface area contributed by atoms with Gasteiger partial charge in [0.1, 0.15) is 5.75 Å². The Bertz CT molecular complexity index is 521. The molecule has 0 aliphatic heterocycles. The average Bonchev–Trinajstić information content (AvgIpc) is 2.34. The van der Waals surface area contributed by atoms with Gasteiger partial charge in [-0.15, -0.1) is 6.42 Å². The quantitative estimate of drug-likeness (QED) is 0.777. The maximum atomic E-state index is 11.5. The van der Waals surface area contributed by atoms with E-state index in [0.717, 1.165) is 15.6 Å². The predicted molar refractivity (Wildman–Crippen MR) is 83.6 cm³/mol. The van der Waals surface area contributed by atoms with Crippen molar-refractivity contribution in [2.45, 2.75) is 26.3 Å². The van der Waals surface area contributed by atoms with E-state index in [-0.39, 0.29) is 25.1 Å². The Morgan fingerprint density at radius 1 is 1.60 bits per heavy atom. The molecule has 20 heavy (non-hydrogen) atoms. The summed E-state index contributed by atoms with van der Waals surface area (Å²) in [4.78, 5) is 11.5. The molecule has 0 saturated heterocycles. The zero-order valence-corrected chi connectivity index (χ0v) is 13.3. The van der Waals surface area contributed by atoms with Gasteiger partial charge in [0.15, 0.2) is 6.61 Å². The van der Waals surface area contributed by atoms with Crippen LogP contribution in [0.5, 0.6) is 5.75 Å². The highest BCUT2D eigenvalue weighted by Gasteiger charge is 2.12. The van der Waals surface area contributed by atoms with Crippen LogP contribution in [-0.2, 0) is 11.2 Å². The van der Waals surface area contributed by atoms with Crippen molar-refractivity contribution in [1.29, 1.82) is 0 Å². The topological polar surface area (TPSA) is 64.3 Å². The summed E-state index contributed by atoms with van der Waals surface area (Å²) in [5.41, 5.74) is 7.78. The fourth-order valence-corrected chi connectivity index (χ4v) is 2.46. The predicted octanol–water partition coefficient (Wildman–Crippen LogP) is 1.78. The number of ether oxygens (including phenoxy) is 1. The number of nitrogens with one attached hydrogen (secondary N) is 1. The smallest absolute Gasteiger partial charge is 0.258 e. The third-order valence-electron chi connectivity index (χ3n) is 2.59. The first-order chi connectivity index (χ1) is 9.43. The van der Waals surface area contributed by atoms with Crippen LogP contribution in [0.1, 0.15) is 18.1 Å². The van der Waals surface area contributed by atoms with Crippen LogP contribution in [0.2, 0.25) is 0 Å². The Balaban J connectivity index is 2.82. The van der Waals surface area contributed by atoms with Crippen LogP contribution in [0.25, 0.3) is 0 Å². The van der Waals surface area contributed by atoms with Gasteiger partial charge in [0.25, 0.3) is 5.91 Å². The zero-order chi connectivity index (χ0) is 15.1. The molecule has 3 N–H and O–H groups in total. The minimum Gasteiger partial charge on any atom is -0.483 e. The van der Waals surface area contributed by atoms with Gasteiger partial charge in [-0.25, -0.2) is 0 Å². The summed E-state index contributed by atoms with van der Waals surface area (Å²) in [6.07, 6.45) is 5.76. The van der Waals surface area contributed by atoms with Gasteiger partial charge < -0.3 is 15.8 Å².